The molecule has 4 nitrogen and oxygen atoms in total. The molecular formula is C20H30N2O2. The minimum atomic E-state index is -1.08. The Bertz CT molecular complexity index is 561. The van der Waals surface area contributed by atoms with Crippen LogP contribution in [-0.2, 0) is 10.3 Å². The summed E-state index contributed by atoms with van der Waals surface area (Å²) < 4.78 is 5.18. The molecule has 0 saturated heterocycles. The predicted molar refractivity (Wildman–Crippen MR) is 89.0 cm³/mol. The number of carbonyl (C=O) groups excluding carboxylic acids is 1. The third kappa shape index (κ3) is 3.00. The Morgan fingerprint density at radius 3 is 2.08 bits per heavy atom. The number of hydrogen-bond acceptors (Lipinski definition) is 2. The van der Waals surface area contributed by atoms with Crippen molar-refractivity contribution in [2.24, 2.45) is 17.8 Å². The Morgan fingerprint density at radius 2 is 1.58 bits per heavy atom. The summed E-state index contributed by atoms with van der Waals surface area (Å²) in [6.45, 7) is 0.972. The highest BCUT2D eigenvalue weighted by molar-refractivity contribution is 5.60. The van der Waals surface area contributed by atoms with Crippen molar-refractivity contribution in [3.63, 3.8) is 0 Å². The number of nitrogens with zero attached hydrogens (tertiary/aromatic N) is 2. The number of hydrogen-bond donors (Lipinski definition) is 0. The van der Waals surface area contributed by atoms with Gasteiger partial charge < -0.3 is 9.90 Å². The van der Waals surface area contributed by atoms with Gasteiger partial charge in [0.2, 0.25) is 6.33 Å². The first-order valence-corrected chi connectivity index (χ1v) is 9.81. The van der Waals surface area contributed by atoms with E-state index in [2.05, 4.69) is 27.9 Å². The molecule has 0 spiro atoms. The lowest BCUT2D eigenvalue weighted by Gasteiger charge is -2.54. The van der Waals surface area contributed by atoms with Gasteiger partial charge in [-0.2, -0.15) is 0 Å². The number of carboxylic acids is 1. The Labute approximate surface area is 144 Å². The van der Waals surface area contributed by atoms with Crippen LogP contribution in [0, 0.1) is 17.8 Å². The number of rotatable bonds is 2. The zero-order valence-corrected chi connectivity index (χ0v) is 14.8. The summed E-state index contributed by atoms with van der Waals surface area (Å²) in [5.41, 5.74) is 0.513. The first-order valence-electron chi connectivity index (χ1n) is 9.81. The van der Waals surface area contributed by atoms with Crippen LogP contribution in [0.5, 0.6) is 0 Å². The van der Waals surface area contributed by atoms with Crippen LogP contribution < -0.4 is 9.67 Å². The van der Waals surface area contributed by atoms with Gasteiger partial charge >= 0.3 is 0 Å². The van der Waals surface area contributed by atoms with Gasteiger partial charge in [-0.1, -0.05) is 0 Å². The Kier molecular flexibility index (Phi) is 4.17. The van der Waals surface area contributed by atoms with Gasteiger partial charge in [0.1, 0.15) is 24.0 Å². The maximum absolute atomic E-state index is 8.89. The molecule has 0 atom stereocenters. The van der Waals surface area contributed by atoms with Crippen molar-refractivity contribution < 1.29 is 14.5 Å². The van der Waals surface area contributed by atoms with Gasteiger partial charge in [0, 0.05) is 5.97 Å². The molecule has 0 amide bonds. The molecule has 0 radical (unpaired) electrons. The summed E-state index contributed by atoms with van der Waals surface area (Å²) in [6, 6.07) is 0.796. The van der Waals surface area contributed by atoms with E-state index in [1.807, 2.05) is 0 Å². The third-order valence-corrected chi connectivity index (χ3v) is 6.96. The standard InChI is InChI=1S/C18H27N2.C2H4O2/c1-2-4-17(3-1)19-5-6-20(13-19)18-10-14-7-15(11-18)9-16(8-14)12-18;1-2(3)4/h5-6,13-17H,1-4,7-12H2;1H3,(H,3,4)/q+1;/p-1. The van der Waals surface area contributed by atoms with E-state index in [1.54, 1.807) is 19.3 Å². The normalized spacial score (nSPS) is 37.3. The lowest BCUT2D eigenvalue weighted by molar-refractivity contribution is -0.721. The Hall–Kier alpha value is -1.32. The third-order valence-electron chi connectivity index (χ3n) is 6.96. The highest BCUT2D eigenvalue weighted by Gasteiger charge is 2.54. The van der Waals surface area contributed by atoms with Gasteiger partial charge in [-0.25, -0.2) is 9.13 Å². The predicted octanol–water partition coefficient (Wildman–Crippen LogP) is 2.57. The zero-order chi connectivity index (χ0) is 16.7. The number of imidazole rings is 1. The molecule has 132 valence electrons. The molecule has 0 aromatic carbocycles. The van der Waals surface area contributed by atoms with Crippen LogP contribution in [0.2, 0.25) is 0 Å². The van der Waals surface area contributed by atoms with Crippen molar-refractivity contribution in [1.29, 1.82) is 0 Å². The van der Waals surface area contributed by atoms with E-state index < -0.39 is 5.97 Å². The molecule has 1 aromatic rings. The van der Waals surface area contributed by atoms with Gasteiger partial charge in [-0.3, -0.25) is 0 Å². The average Bonchev–Trinajstić information content (AvgIpc) is 3.17. The lowest BCUT2D eigenvalue weighted by Crippen LogP contribution is -2.52. The molecule has 5 aliphatic carbocycles. The number of carbonyl (C=O) groups is 1. The molecule has 4 heteroatoms. The molecule has 1 aromatic heterocycles. The summed E-state index contributed by atoms with van der Waals surface area (Å²) in [5, 5.41) is 8.89. The van der Waals surface area contributed by atoms with Gasteiger partial charge in [0.05, 0.1) is 0 Å². The minimum Gasteiger partial charge on any atom is -0.550 e. The maximum atomic E-state index is 8.89. The van der Waals surface area contributed by atoms with Crippen molar-refractivity contribution in [1.82, 2.24) is 4.57 Å². The molecule has 6 rings (SSSR count). The summed E-state index contributed by atoms with van der Waals surface area (Å²) in [4.78, 5) is 8.89. The average molecular weight is 330 g/mol. The van der Waals surface area contributed by atoms with E-state index in [4.69, 9.17) is 9.90 Å². The molecule has 1 heterocycles. The molecule has 5 fully saturated rings. The van der Waals surface area contributed by atoms with Crippen molar-refractivity contribution in [2.45, 2.75) is 82.7 Å². The fraction of sp³-hybridized carbons (Fsp3) is 0.800. The quantitative estimate of drug-likeness (QED) is 0.783. The molecular weight excluding hydrogens is 300 g/mol. The van der Waals surface area contributed by atoms with E-state index in [-0.39, 0.29) is 0 Å². The van der Waals surface area contributed by atoms with Crippen molar-refractivity contribution >= 4 is 5.97 Å². The minimum absolute atomic E-state index is 0.513. The van der Waals surface area contributed by atoms with Gasteiger partial charge in [-0.05, 0) is 88.9 Å². The Balaban J connectivity index is 0.000000332. The van der Waals surface area contributed by atoms with Crippen molar-refractivity contribution in [2.75, 3.05) is 0 Å². The fourth-order valence-corrected chi connectivity index (χ4v) is 6.45. The Morgan fingerprint density at radius 1 is 1.08 bits per heavy atom. The van der Waals surface area contributed by atoms with Crippen molar-refractivity contribution in [3.8, 4) is 0 Å². The SMILES string of the molecule is CC(=O)[O-].c1c[n+](C2CCCC2)cn1C12CC3CC(CC(C3)C1)C2. The van der Waals surface area contributed by atoms with Crippen LogP contribution >= 0.6 is 0 Å². The second kappa shape index (κ2) is 6.20. The molecule has 4 bridgehead atoms. The fourth-order valence-electron chi connectivity index (χ4n) is 6.45. The first kappa shape index (κ1) is 16.2. The van der Waals surface area contributed by atoms with Gasteiger partial charge in [0.15, 0.2) is 0 Å². The second-order valence-electron chi connectivity index (χ2n) is 8.84. The molecule has 5 saturated carbocycles. The molecule has 24 heavy (non-hydrogen) atoms. The van der Waals surface area contributed by atoms with Gasteiger partial charge in [-0.15, -0.1) is 0 Å². The molecule has 5 aliphatic rings. The molecule has 0 aliphatic heterocycles. The van der Waals surface area contributed by atoms with E-state index in [1.165, 1.54) is 44.9 Å². The van der Waals surface area contributed by atoms with Crippen molar-refractivity contribution in [3.05, 3.63) is 18.7 Å². The lowest BCUT2D eigenvalue weighted by atomic mass is 9.53. The maximum Gasteiger partial charge on any atom is 0.244 e. The van der Waals surface area contributed by atoms with Crippen LogP contribution in [0.4, 0.5) is 0 Å². The number of aliphatic carboxylic acids is 1. The smallest absolute Gasteiger partial charge is 0.244 e. The first-order chi connectivity index (χ1) is 11.5. The van der Waals surface area contributed by atoms with E-state index in [9.17, 15) is 0 Å². The summed E-state index contributed by atoms with van der Waals surface area (Å²) in [7, 11) is 0. The van der Waals surface area contributed by atoms with Crippen LogP contribution in [0.25, 0.3) is 0 Å². The number of aromatic nitrogens is 2. The van der Waals surface area contributed by atoms with Crippen LogP contribution in [0.3, 0.4) is 0 Å². The van der Waals surface area contributed by atoms with Gasteiger partial charge in [0.25, 0.3) is 0 Å². The van der Waals surface area contributed by atoms with E-state index in [0.29, 0.717) is 5.54 Å². The van der Waals surface area contributed by atoms with E-state index >= 15 is 0 Å². The topological polar surface area (TPSA) is 48.9 Å². The molecule has 0 N–H and O–H groups in total. The number of carboxylic acid groups (broad SMARTS) is 1. The highest BCUT2D eigenvalue weighted by Crippen LogP contribution is 2.58. The second-order valence-corrected chi connectivity index (χ2v) is 8.84. The van der Waals surface area contributed by atoms with Crippen LogP contribution in [0.1, 0.15) is 77.2 Å². The van der Waals surface area contributed by atoms with Crippen LogP contribution in [0.15, 0.2) is 18.7 Å². The van der Waals surface area contributed by atoms with E-state index in [0.717, 1.165) is 30.7 Å². The monoisotopic (exact) mass is 330 g/mol. The summed E-state index contributed by atoms with van der Waals surface area (Å²) >= 11 is 0. The van der Waals surface area contributed by atoms with Crippen LogP contribution in [-0.4, -0.2) is 10.5 Å². The summed E-state index contributed by atoms with van der Waals surface area (Å²) in [6.07, 6.45) is 22.0. The highest BCUT2D eigenvalue weighted by atomic mass is 16.4. The zero-order valence-electron chi connectivity index (χ0n) is 14.8. The summed E-state index contributed by atoms with van der Waals surface area (Å²) in [5.74, 6) is 2.05. The molecule has 0 unspecified atom stereocenters. The largest absolute Gasteiger partial charge is 0.550 e.